The summed E-state index contributed by atoms with van der Waals surface area (Å²) in [5.41, 5.74) is 0.165. The topological polar surface area (TPSA) is 108 Å². The van der Waals surface area contributed by atoms with E-state index in [2.05, 4.69) is 19.8 Å². The monoisotopic (exact) mass is 493 g/mol. The predicted octanol–water partition coefficient (Wildman–Crippen LogP) is 3.94. The summed E-state index contributed by atoms with van der Waals surface area (Å²) in [6, 6.07) is 14.7. The fraction of sp³-hybridized carbons (Fsp3) is 0.320. The van der Waals surface area contributed by atoms with E-state index in [9.17, 15) is 8.42 Å². The molecule has 9 nitrogen and oxygen atoms in total. The fourth-order valence-electron chi connectivity index (χ4n) is 4.14. The maximum absolute atomic E-state index is 13.1. The molecule has 182 valence electrons. The second kappa shape index (κ2) is 9.27. The molecule has 0 bridgehead atoms. The number of rotatable bonds is 10. The van der Waals surface area contributed by atoms with Gasteiger partial charge in [0.25, 0.3) is 0 Å². The Morgan fingerprint density at radius 3 is 2.69 bits per heavy atom. The standard InChI is InChI=1S/C25H27N5O4S/c1-3-12-25(29-35(31,32)21-8-9-21,19-11-14-27-24(16-19)33-2)34-20-7-10-22-18(15-20)17-28-30(22)23-6-4-5-13-26-23/h4-7,10-11,13-17,21,29H,3,8-9,12H2,1-2H3. The summed E-state index contributed by atoms with van der Waals surface area (Å²) in [4.78, 5) is 8.55. The third-order valence-electron chi connectivity index (χ3n) is 5.98. The molecule has 0 saturated heterocycles. The lowest BCUT2D eigenvalue weighted by Crippen LogP contribution is -2.51. The smallest absolute Gasteiger partial charge is 0.217 e. The van der Waals surface area contributed by atoms with Crippen LogP contribution in [0.4, 0.5) is 0 Å². The molecule has 3 heterocycles. The quantitative estimate of drug-likeness (QED) is 0.333. The molecule has 1 fully saturated rings. The Kier molecular flexibility index (Phi) is 6.16. The van der Waals surface area contributed by atoms with Gasteiger partial charge in [-0.1, -0.05) is 19.4 Å². The molecule has 3 aromatic heterocycles. The second-order valence-electron chi connectivity index (χ2n) is 8.58. The Morgan fingerprint density at radius 1 is 1.11 bits per heavy atom. The highest BCUT2D eigenvalue weighted by Gasteiger charge is 2.45. The van der Waals surface area contributed by atoms with Crippen LogP contribution in [-0.4, -0.2) is 40.5 Å². The van der Waals surface area contributed by atoms with Crippen molar-refractivity contribution in [3.05, 3.63) is 72.7 Å². The van der Waals surface area contributed by atoms with E-state index in [0.29, 0.717) is 48.7 Å². The number of nitrogens with one attached hydrogen (secondary N) is 1. The van der Waals surface area contributed by atoms with Gasteiger partial charge in [-0.25, -0.2) is 23.1 Å². The number of ether oxygens (including phenoxy) is 2. The molecule has 1 unspecified atom stereocenters. The molecule has 35 heavy (non-hydrogen) atoms. The van der Waals surface area contributed by atoms with Crippen LogP contribution in [0.3, 0.4) is 0 Å². The van der Waals surface area contributed by atoms with Gasteiger partial charge in [-0.05, 0) is 49.2 Å². The molecule has 1 aromatic carbocycles. The minimum absolute atomic E-state index is 0.379. The number of hydrogen-bond donors (Lipinski definition) is 1. The van der Waals surface area contributed by atoms with Crippen LogP contribution in [0, 0.1) is 0 Å². The average molecular weight is 494 g/mol. The first kappa shape index (κ1) is 23.3. The molecule has 1 saturated carbocycles. The van der Waals surface area contributed by atoms with Crippen molar-refractivity contribution in [3.63, 3.8) is 0 Å². The fourth-order valence-corrected chi connectivity index (χ4v) is 5.78. The number of pyridine rings is 2. The summed E-state index contributed by atoms with van der Waals surface area (Å²) in [6.07, 6.45) is 7.44. The number of nitrogens with zero attached hydrogens (tertiary/aromatic N) is 4. The Morgan fingerprint density at radius 2 is 1.97 bits per heavy atom. The first-order chi connectivity index (χ1) is 16.9. The van der Waals surface area contributed by atoms with Gasteiger partial charge in [0, 0.05) is 35.8 Å². The first-order valence-electron chi connectivity index (χ1n) is 11.6. The van der Waals surface area contributed by atoms with Crippen molar-refractivity contribution < 1.29 is 17.9 Å². The van der Waals surface area contributed by atoms with Gasteiger partial charge in [0.2, 0.25) is 15.9 Å². The number of methoxy groups -OCH3 is 1. The van der Waals surface area contributed by atoms with Gasteiger partial charge in [-0.3, -0.25) is 0 Å². The van der Waals surface area contributed by atoms with E-state index >= 15 is 0 Å². The van der Waals surface area contributed by atoms with Crippen LogP contribution >= 0.6 is 0 Å². The Hall–Kier alpha value is -3.50. The third kappa shape index (κ3) is 4.71. The van der Waals surface area contributed by atoms with E-state index in [4.69, 9.17) is 9.47 Å². The van der Waals surface area contributed by atoms with Gasteiger partial charge in [-0.15, -0.1) is 0 Å². The van der Waals surface area contributed by atoms with Crippen LogP contribution in [0.2, 0.25) is 0 Å². The van der Waals surface area contributed by atoms with E-state index in [0.717, 1.165) is 10.9 Å². The SMILES string of the molecule is CCCC(NS(=O)(=O)C1CC1)(Oc1ccc2c(cnn2-c2ccccn2)c1)c1ccnc(OC)c1. The molecular weight excluding hydrogens is 466 g/mol. The van der Waals surface area contributed by atoms with Gasteiger partial charge in [0.1, 0.15) is 5.75 Å². The maximum atomic E-state index is 13.1. The highest BCUT2D eigenvalue weighted by Crippen LogP contribution is 2.37. The molecular formula is C25H27N5O4S. The zero-order valence-corrected chi connectivity index (χ0v) is 20.4. The molecule has 0 radical (unpaired) electrons. The number of fused-ring (bicyclic) bond motifs is 1. The average Bonchev–Trinajstić information content (AvgIpc) is 3.66. The lowest BCUT2D eigenvalue weighted by atomic mass is 9.99. The summed E-state index contributed by atoms with van der Waals surface area (Å²) < 4.78 is 42.7. The summed E-state index contributed by atoms with van der Waals surface area (Å²) in [6.45, 7) is 1.99. The van der Waals surface area contributed by atoms with Crippen LogP contribution in [0.1, 0.15) is 38.2 Å². The summed E-state index contributed by atoms with van der Waals surface area (Å²) in [7, 11) is -2.07. The Labute approximate surface area is 204 Å². The van der Waals surface area contributed by atoms with Crippen LogP contribution in [0.25, 0.3) is 16.7 Å². The van der Waals surface area contributed by atoms with Crippen molar-refractivity contribution in [1.29, 1.82) is 0 Å². The van der Waals surface area contributed by atoms with Gasteiger partial charge >= 0.3 is 0 Å². The van der Waals surface area contributed by atoms with Crippen molar-refractivity contribution in [2.24, 2.45) is 0 Å². The zero-order chi connectivity index (χ0) is 24.5. The van der Waals surface area contributed by atoms with Crippen molar-refractivity contribution >= 4 is 20.9 Å². The van der Waals surface area contributed by atoms with Gasteiger partial charge in [-0.2, -0.15) is 9.82 Å². The molecule has 10 heteroatoms. The van der Waals surface area contributed by atoms with Crippen LogP contribution < -0.4 is 14.2 Å². The lowest BCUT2D eigenvalue weighted by Gasteiger charge is -2.35. The van der Waals surface area contributed by atoms with Crippen LogP contribution in [0.5, 0.6) is 11.6 Å². The van der Waals surface area contributed by atoms with Gasteiger partial charge in [0.15, 0.2) is 11.5 Å². The lowest BCUT2D eigenvalue weighted by molar-refractivity contribution is 0.0432. The van der Waals surface area contributed by atoms with E-state index in [-0.39, 0.29) is 0 Å². The zero-order valence-electron chi connectivity index (χ0n) is 19.6. The van der Waals surface area contributed by atoms with Crippen molar-refractivity contribution in [2.45, 2.75) is 43.6 Å². The van der Waals surface area contributed by atoms with Crippen LogP contribution in [-0.2, 0) is 15.7 Å². The number of sulfonamides is 1. The molecule has 0 spiro atoms. The van der Waals surface area contributed by atoms with E-state index < -0.39 is 21.0 Å². The first-order valence-corrected chi connectivity index (χ1v) is 13.1. The minimum Gasteiger partial charge on any atom is -0.481 e. The normalized spacial score (nSPS) is 15.6. The van der Waals surface area contributed by atoms with Crippen molar-refractivity contribution in [3.8, 4) is 17.4 Å². The van der Waals surface area contributed by atoms with Crippen molar-refractivity contribution in [2.75, 3.05) is 7.11 Å². The summed E-state index contributed by atoms with van der Waals surface area (Å²) in [5, 5.41) is 4.92. The summed E-state index contributed by atoms with van der Waals surface area (Å²) in [5.74, 6) is 1.60. The molecule has 0 amide bonds. The van der Waals surface area contributed by atoms with E-state index in [1.54, 1.807) is 35.4 Å². The molecule has 0 aliphatic heterocycles. The number of benzene rings is 1. The minimum atomic E-state index is -3.59. The highest BCUT2D eigenvalue weighted by molar-refractivity contribution is 7.90. The molecule has 1 aliphatic rings. The largest absolute Gasteiger partial charge is 0.481 e. The Bertz CT molecular complexity index is 1440. The second-order valence-corrected chi connectivity index (χ2v) is 10.5. The Balaban J connectivity index is 1.57. The molecule has 1 atom stereocenters. The van der Waals surface area contributed by atoms with Gasteiger partial charge < -0.3 is 9.47 Å². The molecule has 5 rings (SSSR count). The maximum Gasteiger partial charge on any atom is 0.217 e. The van der Waals surface area contributed by atoms with Gasteiger partial charge in [0.05, 0.1) is 24.1 Å². The molecule has 4 aromatic rings. The molecule has 1 N–H and O–H groups in total. The van der Waals surface area contributed by atoms with E-state index in [1.165, 1.54) is 7.11 Å². The van der Waals surface area contributed by atoms with Crippen LogP contribution in [0.15, 0.2) is 67.1 Å². The van der Waals surface area contributed by atoms with E-state index in [1.807, 2.05) is 43.3 Å². The predicted molar refractivity (Wildman–Crippen MR) is 132 cm³/mol. The number of hydrogen-bond acceptors (Lipinski definition) is 7. The van der Waals surface area contributed by atoms with Crippen molar-refractivity contribution in [1.82, 2.24) is 24.5 Å². The number of aromatic nitrogens is 4. The highest BCUT2D eigenvalue weighted by atomic mass is 32.2. The third-order valence-corrected chi connectivity index (χ3v) is 7.94. The summed E-state index contributed by atoms with van der Waals surface area (Å²) >= 11 is 0. The molecule has 1 aliphatic carbocycles.